The van der Waals surface area contributed by atoms with Gasteiger partial charge in [0.1, 0.15) is 0 Å². The quantitative estimate of drug-likeness (QED) is 0.805. The highest BCUT2D eigenvalue weighted by Gasteiger charge is 2.70. The van der Waals surface area contributed by atoms with Crippen molar-refractivity contribution in [3.63, 3.8) is 0 Å². The smallest absolute Gasteiger partial charge is 0.169 e. The van der Waals surface area contributed by atoms with E-state index in [0.717, 1.165) is 5.56 Å². The SMILES string of the molecule is N#CC1(C#N)[C@H](C(=O)c2ccccc2)[C@@H]1c1ccccc1. The summed E-state index contributed by atoms with van der Waals surface area (Å²) in [5.74, 6) is -1.06. The van der Waals surface area contributed by atoms with Gasteiger partial charge in [0.15, 0.2) is 11.2 Å². The van der Waals surface area contributed by atoms with Crippen molar-refractivity contribution in [2.24, 2.45) is 11.3 Å². The van der Waals surface area contributed by atoms with Gasteiger partial charge in [0.25, 0.3) is 0 Å². The predicted molar refractivity (Wildman–Crippen MR) is 77.1 cm³/mol. The van der Waals surface area contributed by atoms with Gasteiger partial charge in [0.2, 0.25) is 0 Å². The minimum Gasteiger partial charge on any atom is -0.294 e. The third-order valence-corrected chi connectivity index (χ3v) is 4.07. The Hall–Kier alpha value is -2.91. The first-order valence-corrected chi connectivity index (χ1v) is 6.71. The first-order chi connectivity index (χ1) is 10.2. The van der Waals surface area contributed by atoms with Crippen molar-refractivity contribution < 1.29 is 4.79 Å². The molecule has 2 aromatic rings. The second-order valence-electron chi connectivity index (χ2n) is 5.19. The Labute approximate surface area is 123 Å². The zero-order valence-corrected chi connectivity index (χ0v) is 11.2. The molecule has 0 amide bonds. The predicted octanol–water partition coefficient (Wildman–Crippen LogP) is 3.32. The van der Waals surface area contributed by atoms with Gasteiger partial charge in [-0.15, -0.1) is 0 Å². The van der Waals surface area contributed by atoms with Crippen LogP contribution in [-0.2, 0) is 0 Å². The number of benzene rings is 2. The Morgan fingerprint density at radius 3 is 1.95 bits per heavy atom. The lowest BCUT2D eigenvalue weighted by Crippen LogP contribution is -2.08. The Balaban J connectivity index is 2.01. The summed E-state index contributed by atoms with van der Waals surface area (Å²) in [5, 5.41) is 18.9. The summed E-state index contributed by atoms with van der Waals surface area (Å²) >= 11 is 0. The standard InChI is InChI=1S/C18H12N2O/c19-11-18(12-20)15(13-7-3-1-4-8-13)16(18)17(21)14-9-5-2-6-10-14/h1-10,15-16H/t15-,16-/m0/s1. The summed E-state index contributed by atoms with van der Waals surface area (Å²) in [6.45, 7) is 0. The van der Waals surface area contributed by atoms with E-state index < -0.39 is 11.3 Å². The zero-order valence-electron chi connectivity index (χ0n) is 11.2. The minimum absolute atomic E-state index is 0.132. The molecule has 3 rings (SSSR count). The molecular weight excluding hydrogens is 260 g/mol. The molecule has 0 aromatic heterocycles. The van der Waals surface area contributed by atoms with Gasteiger partial charge in [-0.2, -0.15) is 10.5 Å². The molecule has 0 bridgehead atoms. The molecule has 3 nitrogen and oxygen atoms in total. The van der Waals surface area contributed by atoms with Crippen LogP contribution in [0.4, 0.5) is 0 Å². The van der Waals surface area contributed by atoms with E-state index in [-0.39, 0.29) is 11.7 Å². The Kier molecular flexibility index (Phi) is 3.05. The molecule has 0 radical (unpaired) electrons. The molecule has 2 atom stereocenters. The van der Waals surface area contributed by atoms with Crippen LogP contribution in [0.3, 0.4) is 0 Å². The molecule has 21 heavy (non-hydrogen) atoms. The summed E-state index contributed by atoms with van der Waals surface area (Å²) < 4.78 is 0. The van der Waals surface area contributed by atoms with E-state index in [1.165, 1.54) is 0 Å². The van der Waals surface area contributed by atoms with Crippen LogP contribution in [0, 0.1) is 34.0 Å². The van der Waals surface area contributed by atoms with Gasteiger partial charge >= 0.3 is 0 Å². The zero-order chi connectivity index (χ0) is 14.9. The largest absolute Gasteiger partial charge is 0.294 e. The van der Waals surface area contributed by atoms with Crippen LogP contribution < -0.4 is 0 Å². The monoisotopic (exact) mass is 272 g/mol. The van der Waals surface area contributed by atoms with Crippen molar-refractivity contribution in [3.8, 4) is 12.1 Å². The summed E-state index contributed by atoms with van der Waals surface area (Å²) in [7, 11) is 0. The average Bonchev–Trinajstić information content (AvgIpc) is 3.25. The lowest BCUT2D eigenvalue weighted by atomic mass is 10.0. The van der Waals surface area contributed by atoms with E-state index in [4.69, 9.17) is 0 Å². The van der Waals surface area contributed by atoms with Crippen LogP contribution in [-0.4, -0.2) is 5.78 Å². The number of hydrogen-bond donors (Lipinski definition) is 0. The molecule has 0 unspecified atom stereocenters. The highest BCUT2D eigenvalue weighted by molar-refractivity contribution is 6.02. The third-order valence-electron chi connectivity index (χ3n) is 4.07. The van der Waals surface area contributed by atoms with E-state index in [9.17, 15) is 15.3 Å². The molecule has 3 heteroatoms. The van der Waals surface area contributed by atoms with Crippen LogP contribution >= 0.6 is 0 Å². The van der Waals surface area contributed by atoms with Crippen molar-refractivity contribution in [2.75, 3.05) is 0 Å². The van der Waals surface area contributed by atoms with Gasteiger partial charge in [0.05, 0.1) is 18.1 Å². The van der Waals surface area contributed by atoms with E-state index >= 15 is 0 Å². The van der Waals surface area contributed by atoms with Crippen molar-refractivity contribution in [1.29, 1.82) is 10.5 Å². The fraction of sp³-hybridized carbons (Fsp3) is 0.167. The van der Waals surface area contributed by atoms with E-state index in [1.807, 2.05) is 36.4 Å². The maximum Gasteiger partial charge on any atom is 0.169 e. The lowest BCUT2D eigenvalue weighted by molar-refractivity contribution is 0.0958. The van der Waals surface area contributed by atoms with Crippen molar-refractivity contribution in [3.05, 3.63) is 71.8 Å². The summed E-state index contributed by atoms with van der Waals surface area (Å²) in [4.78, 5) is 12.6. The van der Waals surface area contributed by atoms with E-state index in [1.54, 1.807) is 24.3 Å². The third kappa shape index (κ3) is 1.91. The number of carbonyl (C=O) groups is 1. The van der Waals surface area contributed by atoms with Gasteiger partial charge in [-0.3, -0.25) is 4.79 Å². The fourth-order valence-electron chi connectivity index (χ4n) is 2.95. The van der Waals surface area contributed by atoms with Crippen LogP contribution in [0.25, 0.3) is 0 Å². The number of ketones is 1. The van der Waals surface area contributed by atoms with Crippen LogP contribution in [0.1, 0.15) is 21.8 Å². The normalized spacial score (nSPS) is 21.8. The van der Waals surface area contributed by atoms with Crippen molar-refractivity contribution >= 4 is 5.78 Å². The average molecular weight is 272 g/mol. The lowest BCUT2D eigenvalue weighted by Gasteiger charge is -1.99. The molecule has 1 aliphatic carbocycles. The maximum atomic E-state index is 12.6. The van der Waals surface area contributed by atoms with Gasteiger partial charge in [0, 0.05) is 11.5 Å². The van der Waals surface area contributed by atoms with Gasteiger partial charge in [-0.1, -0.05) is 60.7 Å². The van der Waals surface area contributed by atoms with E-state index in [0.29, 0.717) is 5.56 Å². The van der Waals surface area contributed by atoms with Gasteiger partial charge < -0.3 is 0 Å². The maximum absolute atomic E-state index is 12.6. The fourth-order valence-corrected chi connectivity index (χ4v) is 2.95. The Bertz CT molecular complexity index is 739. The molecule has 2 aromatic carbocycles. The molecule has 0 N–H and O–H groups in total. The summed E-state index contributed by atoms with van der Waals surface area (Å²) in [5.41, 5.74) is 0.180. The second-order valence-corrected chi connectivity index (χ2v) is 5.19. The minimum atomic E-state index is -1.24. The molecular formula is C18H12N2O. The molecule has 0 aliphatic heterocycles. The van der Waals surface area contributed by atoms with Crippen molar-refractivity contribution in [2.45, 2.75) is 5.92 Å². The van der Waals surface area contributed by atoms with Gasteiger partial charge in [-0.25, -0.2) is 0 Å². The number of Topliss-reactive ketones (excluding diaryl/α,β-unsaturated/α-hetero) is 1. The molecule has 1 aliphatic rings. The van der Waals surface area contributed by atoms with Crippen LogP contribution in [0.15, 0.2) is 60.7 Å². The molecule has 0 heterocycles. The van der Waals surface area contributed by atoms with Gasteiger partial charge in [-0.05, 0) is 5.56 Å². The van der Waals surface area contributed by atoms with Crippen LogP contribution in [0.5, 0.6) is 0 Å². The van der Waals surface area contributed by atoms with Crippen molar-refractivity contribution in [1.82, 2.24) is 0 Å². The highest BCUT2D eigenvalue weighted by atomic mass is 16.1. The molecule has 100 valence electrons. The highest BCUT2D eigenvalue weighted by Crippen LogP contribution is 2.65. The number of nitriles is 2. The molecule has 1 saturated carbocycles. The number of nitrogens with zero attached hydrogens (tertiary/aromatic N) is 2. The Morgan fingerprint density at radius 1 is 0.905 bits per heavy atom. The summed E-state index contributed by atoms with van der Waals surface area (Å²) in [6, 6.07) is 22.3. The number of carbonyl (C=O) groups excluding carboxylic acids is 1. The Morgan fingerprint density at radius 2 is 1.43 bits per heavy atom. The molecule has 0 spiro atoms. The first-order valence-electron chi connectivity index (χ1n) is 6.71. The molecule has 0 saturated heterocycles. The van der Waals surface area contributed by atoms with Crippen LogP contribution in [0.2, 0.25) is 0 Å². The summed E-state index contributed by atoms with van der Waals surface area (Å²) in [6.07, 6.45) is 0. The first kappa shape index (κ1) is 13.1. The molecule has 1 fully saturated rings. The topological polar surface area (TPSA) is 64.7 Å². The second kappa shape index (κ2) is 4.89. The number of hydrogen-bond acceptors (Lipinski definition) is 3. The van der Waals surface area contributed by atoms with E-state index in [2.05, 4.69) is 12.1 Å². The number of rotatable bonds is 3.